The van der Waals surface area contributed by atoms with E-state index in [1.165, 1.54) is 6.07 Å². The van der Waals surface area contributed by atoms with Gasteiger partial charge in [-0.25, -0.2) is 4.39 Å². The Labute approximate surface area is 146 Å². The zero-order valence-electron chi connectivity index (χ0n) is 14.7. The van der Waals surface area contributed by atoms with E-state index < -0.39 is 5.41 Å². The molecule has 1 aromatic heterocycles. The van der Waals surface area contributed by atoms with E-state index in [9.17, 15) is 9.18 Å². The van der Waals surface area contributed by atoms with Crippen LogP contribution in [-0.4, -0.2) is 12.5 Å². The number of halogens is 1. The molecule has 0 fully saturated rings. The highest BCUT2D eigenvalue weighted by Crippen LogP contribution is 2.25. The van der Waals surface area contributed by atoms with Crippen molar-refractivity contribution in [1.82, 2.24) is 5.32 Å². The second kappa shape index (κ2) is 6.71. The van der Waals surface area contributed by atoms with E-state index in [4.69, 9.17) is 4.42 Å². The summed E-state index contributed by atoms with van der Waals surface area (Å²) >= 11 is 0. The summed E-state index contributed by atoms with van der Waals surface area (Å²) in [5, 5.41) is 3.87. The van der Waals surface area contributed by atoms with Crippen molar-refractivity contribution >= 4 is 16.9 Å². The number of amides is 1. The van der Waals surface area contributed by atoms with Gasteiger partial charge in [0.25, 0.3) is 0 Å². The molecule has 0 aliphatic carbocycles. The van der Waals surface area contributed by atoms with Crippen molar-refractivity contribution in [2.45, 2.75) is 32.6 Å². The Morgan fingerprint density at radius 1 is 1.20 bits per heavy atom. The van der Waals surface area contributed by atoms with Gasteiger partial charge in [0.05, 0.1) is 12.7 Å². The molecule has 0 aliphatic heterocycles. The van der Waals surface area contributed by atoms with E-state index in [1.54, 1.807) is 18.4 Å². The second-order valence-electron chi connectivity index (χ2n) is 7.08. The first kappa shape index (κ1) is 17.2. The van der Waals surface area contributed by atoms with Crippen LogP contribution < -0.4 is 5.32 Å². The lowest BCUT2D eigenvalue weighted by Crippen LogP contribution is -2.37. The third-order valence-corrected chi connectivity index (χ3v) is 4.49. The summed E-state index contributed by atoms with van der Waals surface area (Å²) in [7, 11) is 0. The fraction of sp³-hybridized carbons (Fsp3) is 0.286. The molecule has 3 rings (SSSR count). The second-order valence-corrected chi connectivity index (χ2v) is 7.08. The molecule has 1 N–H and O–H groups in total. The molecule has 0 aliphatic rings. The Morgan fingerprint density at radius 2 is 1.96 bits per heavy atom. The van der Waals surface area contributed by atoms with Crippen LogP contribution in [0.4, 0.5) is 4.39 Å². The summed E-state index contributed by atoms with van der Waals surface area (Å²) in [6, 6.07) is 12.6. The van der Waals surface area contributed by atoms with Gasteiger partial charge in [0, 0.05) is 22.9 Å². The largest absolute Gasteiger partial charge is 0.464 e. The first-order valence-electron chi connectivity index (χ1n) is 8.35. The number of carbonyl (C=O) groups is 1. The van der Waals surface area contributed by atoms with Crippen molar-refractivity contribution in [2.75, 3.05) is 6.54 Å². The smallest absolute Gasteiger partial charge is 0.224 e. The summed E-state index contributed by atoms with van der Waals surface area (Å²) in [5.41, 5.74) is 2.87. The van der Waals surface area contributed by atoms with E-state index >= 15 is 0 Å². The van der Waals surface area contributed by atoms with Crippen molar-refractivity contribution in [3.05, 3.63) is 71.2 Å². The highest BCUT2D eigenvalue weighted by Gasteiger charge is 2.24. The van der Waals surface area contributed by atoms with E-state index in [0.717, 1.165) is 22.1 Å². The molecule has 0 unspecified atom stereocenters. The lowest BCUT2D eigenvalue weighted by atomic mass is 9.84. The first-order chi connectivity index (χ1) is 11.9. The Kier molecular flexibility index (Phi) is 4.62. The van der Waals surface area contributed by atoms with Gasteiger partial charge in [-0.1, -0.05) is 44.2 Å². The Bertz CT molecular complexity index is 911. The number of aryl methyl sites for hydroxylation is 1. The highest BCUT2D eigenvalue weighted by atomic mass is 19.1. The molecule has 0 atom stereocenters. The van der Waals surface area contributed by atoms with Crippen molar-refractivity contribution in [3.63, 3.8) is 0 Å². The molecule has 2 aromatic carbocycles. The van der Waals surface area contributed by atoms with Crippen LogP contribution >= 0.6 is 0 Å². The summed E-state index contributed by atoms with van der Waals surface area (Å²) in [6.07, 6.45) is 1.87. The molecule has 0 saturated heterocycles. The SMILES string of the molecule is Cc1ccc2c(CC(=O)NCC(C)(C)c3ccccc3F)coc2c1. The average molecular weight is 339 g/mol. The number of carbonyl (C=O) groups excluding carboxylic acids is 1. The van der Waals surface area contributed by atoms with Crippen LogP contribution in [0.3, 0.4) is 0 Å². The zero-order chi connectivity index (χ0) is 18.0. The highest BCUT2D eigenvalue weighted by molar-refractivity contribution is 5.87. The van der Waals surface area contributed by atoms with Gasteiger partial charge >= 0.3 is 0 Å². The first-order valence-corrected chi connectivity index (χ1v) is 8.35. The minimum Gasteiger partial charge on any atom is -0.464 e. The molecule has 1 heterocycles. The number of benzene rings is 2. The molecule has 130 valence electrons. The van der Waals surface area contributed by atoms with Crippen LogP contribution in [-0.2, 0) is 16.6 Å². The van der Waals surface area contributed by atoms with Gasteiger partial charge in [0.15, 0.2) is 0 Å². The van der Waals surface area contributed by atoms with Crippen LogP contribution in [0.25, 0.3) is 11.0 Å². The standard InChI is InChI=1S/C21H22FNO2/c1-14-8-9-16-15(12-25-19(16)10-14)11-20(24)23-13-21(2,3)17-6-4-5-7-18(17)22/h4-10,12H,11,13H2,1-3H3,(H,23,24). The molecule has 0 bridgehead atoms. The van der Waals surface area contributed by atoms with Gasteiger partial charge in [-0.05, 0) is 30.2 Å². The maximum atomic E-state index is 14.0. The predicted molar refractivity (Wildman–Crippen MR) is 97.1 cm³/mol. The lowest BCUT2D eigenvalue weighted by Gasteiger charge is -2.26. The van der Waals surface area contributed by atoms with Crippen LogP contribution in [0.1, 0.15) is 30.5 Å². The molecular weight excluding hydrogens is 317 g/mol. The van der Waals surface area contributed by atoms with Gasteiger partial charge in [0.1, 0.15) is 11.4 Å². The number of hydrogen-bond donors (Lipinski definition) is 1. The third-order valence-electron chi connectivity index (χ3n) is 4.49. The van der Waals surface area contributed by atoms with Gasteiger partial charge in [-0.3, -0.25) is 4.79 Å². The number of rotatable bonds is 5. The number of fused-ring (bicyclic) bond motifs is 1. The molecule has 0 saturated carbocycles. The van der Waals surface area contributed by atoms with E-state index in [0.29, 0.717) is 12.1 Å². The summed E-state index contributed by atoms with van der Waals surface area (Å²) < 4.78 is 19.5. The molecular formula is C21H22FNO2. The van der Waals surface area contributed by atoms with Crippen LogP contribution in [0.2, 0.25) is 0 Å². The molecule has 25 heavy (non-hydrogen) atoms. The number of furan rings is 1. The van der Waals surface area contributed by atoms with Gasteiger partial charge in [0.2, 0.25) is 5.91 Å². The lowest BCUT2D eigenvalue weighted by molar-refractivity contribution is -0.120. The topological polar surface area (TPSA) is 42.2 Å². The number of hydrogen-bond acceptors (Lipinski definition) is 2. The van der Waals surface area contributed by atoms with Gasteiger partial charge in [-0.15, -0.1) is 0 Å². The maximum Gasteiger partial charge on any atom is 0.224 e. The van der Waals surface area contributed by atoms with Gasteiger partial charge in [-0.2, -0.15) is 0 Å². The minimum atomic E-state index is -0.490. The Morgan fingerprint density at radius 3 is 2.72 bits per heavy atom. The van der Waals surface area contributed by atoms with Crippen LogP contribution in [0.5, 0.6) is 0 Å². The molecule has 4 heteroatoms. The van der Waals surface area contributed by atoms with E-state index in [1.807, 2.05) is 45.0 Å². The summed E-state index contributed by atoms with van der Waals surface area (Å²) in [6.45, 7) is 6.20. The molecule has 1 amide bonds. The summed E-state index contributed by atoms with van der Waals surface area (Å²) in [4.78, 5) is 12.3. The average Bonchev–Trinajstić information content (AvgIpc) is 2.95. The molecule has 3 nitrogen and oxygen atoms in total. The van der Waals surface area contributed by atoms with Crippen molar-refractivity contribution in [1.29, 1.82) is 0 Å². The van der Waals surface area contributed by atoms with E-state index in [2.05, 4.69) is 5.32 Å². The summed E-state index contributed by atoms with van der Waals surface area (Å²) in [5.74, 6) is -0.356. The van der Waals surface area contributed by atoms with E-state index in [-0.39, 0.29) is 18.1 Å². The van der Waals surface area contributed by atoms with Crippen molar-refractivity contribution < 1.29 is 13.6 Å². The predicted octanol–water partition coefficient (Wildman–Crippen LogP) is 4.52. The van der Waals surface area contributed by atoms with Crippen molar-refractivity contribution in [3.8, 4) is 0 Å². The minimum absolute atomic E-state index is 0.104. The molecule has 0 spiro atoms. The molecule has 0 radical (unpaired) electrons. The van der Waals surface area contributed by atoms with Crippen LogP contribution in [0.15, 0.2) is 53.1 Å². The third kappa shape index (κ3) is 3.73. The molecule has 3 aromatic rings. The van der Waals surface area contributed by atoms with Crippen molar-refractivity contribution in [2.24, 2.45) is 0 Å². The fourth-order valence-corrected chi connectivity index (χ4v) is 2.99. The van der Waals surface area contributed by atoms with Gasteiger partial charge < -0.3 is 9.73 Å². The normalized spacial score (nSPS) is 11.7. The quantitative estimate of drug-likeness (QED) is 0.743. The Balaban J connectivity index is 1.67. The Hall–Kier alpha value is -2.62. The maximum absolute atomic E-state index is 14.0. The number of nitrogens with one attached hydrogen (secondary N) is 1. The fourth-order valence-electron chi connectivity index (χ4n) is 2.99. The zero-order valence-corrected chi connectivity index (χ0v) is 14.7. The van der Waals surface area contributed by atoms with Crippen LogP contribution in [0, 0.1) is 12.7 Å². The monoisotopic (exact) mass is 339 g/mol.